The van der Waals surface area contributed by atoms with Crippen LogP contribution < -0.4 is 15.4 Å². The number of carbonyl (C=O) groups excluding carboxylic acids is 1. The third-order valence-corrected chi connectivity index (χ3v) is 3.49. The van der Waals surface area contributed by atoms with Crippen LogP contribution in [0.2, 0.25) is 0 Å². The van der Waals surface area contributed by atoms with Crippen LogP contribution in [0.25, 0.3) is 0 Å². The summed E-state index contributed by atoms with van der Waals surface area (Å²) in [7, 11) is 5.07. The molecule has 1 rings (SSSR count). The number of aliphatic imine (C=N–C) groups is 1. The smallest absolute Gasteiger partial charge is 0.241 e. The van der Waals surface area contributed by atoms with Gasteiger partial charge in [0.2, 0.25) is 5.91 Å². The lowest BCUT2D eigenvalue weighted by Gasteiger charge is -2.15. The minimum Gasteiger partial charge on any atom is -0.491 e. The molecule has 0 saturated heterocycles. The van der Waals surface area contributed by atoms with E-state index in [4.69, 9.17) is 9.47 Å². The molecule has 0 saturated carbocycles. The number of aryl methyl sites for hydroxylation is 1. The van der Waals surface area contributed by atoms with E-state index < -0.39 is 0 Å². The van der Waals surface area contributed by atoms with E-state index in [1.165, 1.54) is 4.90 Å². The molecule has 7 heteroatoms. The fourth-order valence-electron chi connectivity index (χ4n) is 1.99. The van der Waals surface area contributed by atoms with Crippen LogP contribution in [0.5, 0.6) is 5.75 Å². The first-order valence-corrected chi connectivity index (χ1v) is 8.52. The molecular weight excluding hydrogens is 332 g/mol. The van der Waals surface area contributed by atoms with Crippen molar-refractivity contribution in [3.05, 3.63) is 42.0 Å². The van der Waals surface area contributed by atoms with Crippen molar-refractivity contribution < 1.29 is 14.3 Å². The lowest BCUT2D eigenvalue weighted by atomic mass is 10.1. The summed E-state index contributed by atoms with van der Waals surface area (Å²) < 4.78 is 10.8. The van der Waals surface area contributed by atoms with Crippen molar-refractivity contribution in [3.63, 3.8) is 0 Å². The lowest BCUT2D eigenvalue weighted by molar-refractivity contribution is -0.127. The molecule has 144 valence electrons. The summed E-state index contributed by atoms with van der Waals surface area (Å²) in [5.41, 5.74) is 2.08. The molecule has 0 aliphatic heterocycles. The average Bonchev–Trinajstić information content (AvgIpc) is 2.62. The molecule has 0 heterocycles. The van der Waals surface area contributed by atoms with Gasteiger partial charge in [0, 0.05) is 33.3 Å². The van der Waals surface area contributed by atoms with Gasteiger partial charge in [-0.15, -0.1) is 6.58 Å². The van der Waals surface area contributed by atoms with Crippen molar-refractivity contribution in [1.82, 2.24) is 15.5 Å². The average molecular weight is 362 g/mol. The Morgan fingerprint density at radius 1 is 1.31 bits per heavy atom. The summed E-state index contributed by atoms with van der Waals surface area (Å²) >= 11 is 0. The number of guanidine groups is 1. The van der Waals surface area contributed by atoms with E-state index in [0.29, 0.717) is 32.3 Å². The Hall–Kier alpha value is -2.54. The van der Waals surface area contributed by atoms with Gasteiger partial charge in [0.25, 0.3) is 0 Å². The van der Waals surface area contributed by atoms with Crippen LogP contribution in [0.1, 0.15) is 11.1 Å². The zero-order valence-corrected chi connectivity index (χ0v) is 16.2. The Balaban J connectivity index is 2.82. The molecule has 0 atom stereocenters. The number of nitrogens with one attached hydrogen (secondary N) is 2. The number of amides is 1. The fraction of sp³-hybridized carbons (Fsp3) is 0.474. The van der Waals surface area contributed by atoms with Gasteiger partial charge in [-0.05, 0) is 18.6 Å². The highest BCUT2D eigenvalue weighted by Gasteiger charge is 2.07. The minimum absolute atomic E-state index is 0.0305. The molecule has 7 nitrogen and oxygen atoms in total. The third kappa shape index (κ3) is 8.02. The van der Waals surface area contributed by atoms with Gasteiger partial charge in [-0.3, -0.25) is 4.79 Å². The summed E-state index contributed by atoms with van der Waals surface area (Å²) in [6, 6.07) is 6.01. The Labute approximate surface area is 156 Å². The summed E-state index contributed by atoms with van der Waals surface area (Å²) in [6.07, 6.45) is 1.73. The number of ether oxygens (including phenoxy) is 2. The largest absolute Gasteiger partial charge is 0.491 e. The quantitative estimate of drug-likeness (QED) is 0.284. The van der Waals surface area contributed by atoms with Gasteiger partial charge in [-0.2, -0.15) is 0 Å². The zero-order chi connectivity index (χ0) is 19.4. The van der Waals surface area contributed by atoms with Crippen molar-refractivity contribution in [2.75, 3.05) is 47.5 Å². The molecule has 1 amide bonds. The van der Waals surface area contributed by atoms with E-state index in [9.17, 15) is 4.79 Å². The number of rotatable bonds is 10. The molecule has 1 aromatic rings. The highest BCUT2D eigenvalue weighted by molar-refractivity contribution is 5.86. The molecule has 0 bridgehead atoms. The van der Waals surface area contributed by atoms with Gasteiger partial charge >= 0.3 is 0 Å². The van der Waals surface area contributed by atoms with Gasteiger partial charge < -0.3 is 25.0 Å². The number of nitrogens with zero attached hydrogens (tertiary/aromatic N) is 2. The number of carbonyl (C=O) groups is 1. The van der Waals surface area contributed by atoms with Crippen molar-refractivity contribution in [2.24, 2.45) is 4.99 Å². The number of likely N-dealkylation sites (N-methyl/N-ethyl adjacent to an activating group) is 1. The first-order valence-electron chi connectivity index (χ1n) is 8.52. The van der Waals surface area contributed by atoms with Gasteiger partial charge in [-0.1, -0.05) is 18.2 Å². The molecule has 0 aliphatic carbocycles. The standard InChI is InChI=1S/C19H30N4O3/c1-6-9-20-19(22-14-18(24)23(3)4)21-13-16-8-7-15(2)12-17(16)26-11-10-25-5/h6-8,12H,1,9-11,13-14H2,2-5H3,(H2,20,21,22). The highest BCUT2D eigenvalue weighted by atomic mass is 16.5. The van der Waals surface area contributed by atoms with Crippen molar-refractivity contribution >= 4 is 11.9 Å². The maximum atomic E-state index is 11.8. The second-order valence-corrected chi connectivity index (χ2v) is 5.93. The number of hydrogen-bond donors (Lipinski definition) is 2. The van der Waals surface area contributed by atoms with Crippen LogP contribution in [-0.4, -0.2) is 64.3 Å². The summed E-state index contributed by atoms with van der Waals surface area (Å²) in [5.74, 6) is 1.30. The van der Waals surface area contributed by atoms with Crippen LogP contribution in [-0.2, 0) is 16.1 Å². The van der Waals surface area contributed by atoms with Crippen molar-refractivity contribution in [1.29, 1.82) is 0 Å². The predicted octanol–water partition coefficient (Wildman–Crippen LogP) is 1.33. The van der Waals surface area contributed by atoms with E-state index in [1.807, 2.05) is 25.1 Å². The monoisotopic (exact) mass is 362 g/mol. The Morgan fingerprint density at radius 3 is 2.73 bits per heavy atom. The van der Waals surface area contributed by atoms with Crippen LogP contribution in [0.4, 0.5) is 0 Å². The van der Waals surface area contributed by atoms with Gasteiger partial charge in [0.05, 0.1) is 19.7 Å². The maximum Gasteiger partial charge on any atom is 0.241 e. The molecule has 26 heavy (non-hydrogen) atoms. The summed E-state index contributed by atoms with van der Waals surface area (Å²) in [4.78, 5) is 17.8. The maximum absolute atomic E-state index is 11.8. The highest BCUT2D eigenvalue weighted by Crippen LogP contribution is 2.21. The topological polar surface area (TPSA) is 75.2 Å². The predicted molar refractivity (Wildman–Crippen MR) is 105 cm³/mol. The molecule has 0 aliphatic rings. The summed E-state index contributed by atoms with van der Waals surface area (Å²) in [6.45, 7) is 7.85. The first-order chi connectivity index (χ1) is 12.5. The molecule has 2 N–H and O–H groups in total. The van der Waals surface area contributed by atoms with E-state index >= 15 is 0 Å². The zero-order valence-electron chi connectivity index (χ0n) is 16.2. The Kier molecular flexibility index (Phi) is 9.86. The molecule has 0 aromatic heterocycles. The van der Waals surface area contributed by atoms with Crippen LogP contribution in [0, 0.1) is 6.92 Å². The SMILES string of the molecule is C=CCNC(=NCc1ccc(C)cc1OCCOC)NCC(=O)N(C)C. The van der Waals surface area contributed by atoms with Crippen molar-refractivity contribution in [3.8, 4) is 5.75 Å². The molecule has 1 aromatic carbocycles. The first kappa shape index (κ1) is 21.5. The molecular formula is C19H30N4O3. The molecule has 0 radical (unpaired) electrons. The van der Waals surface area contributed by atoms with E-state index in [0.717, 1.165) is 16.9 Å². The second kappa shape index (κ2) is 11.9. The minimum atomic E-state index is -0.0305. The number of hydrogen-bond acceptors (Lipinski definition) is 4. The van der Waals surface area contributed by atoms with Gasteiger partial charge in [-0.25, -0.2) is 4.99 Å². The van der Waals surface area contributed by atoms with Crippen LogP contribution >= 0.6 is 0 Å². The van der Waals surface area contributed by atoms with E-state index in [2.05, 4.69) is 22.2 Å². The van der Waals surface area contributed by atoms with E-state index in [-0.39, 0.29) is 12.5 Å². The molecule has 0 fully saturated rings. The second-order valence-electron chi connectivity index (χ2n) is 5.93. The van der Waals surface area contributed by atoms with Crippen molar-refractivity contribution in [2.45, 2.75) is 13.5 Å². The van der Waals surface area contributed by atoms with E-state index in [1.54, 1.807) is 27.3 Å². The third-order valence-electron chi connectivity index (χ3n) is 3.49. The van der Waals surface area contributed by atoms with Crippen LogP contribution in [0.3, 0.4) is 0 Å². The normalized spacial score (nSPS) is 11.0. The molecule has 0 unspecified atom stereocenters. The molecule has 0 spiro atoms. The Bertz CT molecular complexity index is 615. The van der Waals surface area contributed by atoms with Gasteiger partial charge in [0.15, 0.2) is 5.96 Å². The number of methoxy groups -OCH3 is 1. The lowest BCUT2D eigenvalue weighted by Crippen LogP contribution is -2.43. The number of benzene rings is 1. The van der Waals surface area contributed by atoms with Gasteiger partial charge in [0.1, 0.15) is 12.4 Å². The van der Waals surface area contributed by atoms with Crippen LogP contribution in [0.15, 0.2) is 35.8 Å². The Morgan fingerprint density at radius 2 is 2.08 bits per heavy atom. The summed E-state index contributed by atoms with van der Waals surface area (Å²) in [5, 5.41) is 6.13. The fourth-order valence-corrected chi connectivity index (χ4v) is 1.99.